The average Bonchev–Trinajstić information content (AvgIpc) is 3.27. The van der Waals surface area contributed by atoms with Gasteiger partial charge in [-0.05, 0) is 34.5 Å². The molecule has 3 aromatic carbocycles. The highest BCUT2D eigenvalue weighted by Gasteiger charge is 2.14. The smallest absolute Gasteiger partial charge is 0.345 e. The van der Waals surface area contributed by atoms with Crippen molar-refractivity contribution in [3.05, 3.63) is 99.2 Å². The zero-order valence-corrected chi connectivity index (χ0v) is 16.5. The zero-order chi connectivity index (χ0) is 20.5. The Morgan fingerprint density at radius 1 is 1.00 bits per heavy atom. The number of thiazole rings is 1. The number of allylic oxidation sites excluding steroid dienone is 1. The Kier molecular flexibility index (Phi) is 4.47. The Bertz CT molecular complexity index is 1530. The number of benzene rings is 3. The fraction of sp³-hybridized carbons (Fsp3) is 0. The Hall–Kier alpha value is -4.01. The number of fused-ring (bicyclic) bond motifs is 2. The summed E-state index contributed by atoms with van der Waals surface area (Å²) in [6.07, 6.45) is 1.84. The van der Waals surface area contributed by atoms with E-state index in [9.17, 15) is 10.1 Å². The molecule has 0 saturated carbocycles. The van der Waals surface area contributed by atoms with Crippen molar-refractivity contribution in [2.45, 2.75) is 0 Å². The van der Waals surface area contributed by atoms with Crippen LogP contribution >= 0.6 is 11.3 Å². The summed E-state index contributed by atoms with van der Waals surface area (Å²) in [6, 6.07) is 25.4. The molecule has 142 valence electrons. The first-order valence-electron chi connectivity index (χ1n) is 9.32. The molecule has 0 radical (unpaired) electrons. The zero-order valence-electron chi connectivity index (χ0n) is 15.7. The average molecular weight is 406 g/mol. The Morgan fingerprint density at radius 3 is 2.63 bits per heavy atom. The van der Waals surface area contributed by atoms with Gasteiger partial charge < -0.3 is 4.42 Å². The maximum absolute atomic E-state index is 12.4. The normalized spacial score (nSPS) is 11.6. The molecular formula is C25H14N2O2S. The maximum Gasteiger partial charge on any atom is 0.345 e. The Labute approximate surface area is 176 Å². The van der Waals surface area contributed by atoms with Crippen LogP contribution in [-0.2, 0) is 0 Å². The molecular weight excluding hydrogens is 392 g/mol. The monoisotopic (exact) mass is 406 g/mol. The minimum atomic E-state index is -0.443. The number of aromatic nitrogens is 1. The van der Waals surface area contributed by atoms with E-state index in [1.807, 2.05) is 66.7 Å². The van der Waals surface area contributed by atoms with Gasteiger partial charge in [-0.2, -0.15) is 5.26 Å². The highest BCUT2D eigenvalue weighted by Crippen LogP contribution is 2.29. The third-order valence-corrected chi connectivity index (χ3v) is 5.77. The third-order valence-electron chi connectivity index (χ3n) is 4.90. The van der Waals surface area contributed by atoms with E-state index >= 15 is 0 Å². The SMILES string of the molecule is N#C/C(=C\c1cccc2ccccc12)c1nc(-c2cc3ccccc3oc2=O)cs1. The molecule has 0 saturated heterocycles. The van der Waals surface area contributed by atoms with E-state index < -0.39 is 5.63 Å². The predicted molar refractivity (Wildman–Crippen MR) is 121 cm³/mol. The number of rotatable bonds is 3. The fourth-order valence-corrected chi connectivity index (χ4v) is 4.22. The minimum Gasteiger partial charge on any atom is -0.422 e. The van der Waals surface area contributed by atoms with Gasteiger partial charge in [0, 0.05) is 10.8 Å². The molecule has 0 atom stereocenters. The van der Waals surface area contributed by atoms with Crippen LogP contribution in [0.15, 0.2) is 87.4 Å². The van der Waals surface area contributed by atoms with E-state index in [2.05, 4.69) is 11.1 Å². The van der Waals surface area contributed by atoms with Crippen LogP contribution in [0.5, 0.6) is 0 Å². The second kappa shape index (κ2) is 7.43. The molecule has 0 aliphatic rings. The highest BCUT2D eigenvalue weighted by molar-refractivity contribution is 7.11. The van der Waals surface area contributed by atoms with E-state index in [1.54, 1.807) is 17.5 Å². The van der Waals surface area contributed by atoms with Gasteiger partial charge in [-0.1, -0.05) is 60.7 Å². The lowest BCUT2D eigenvalue weighted by atomic mass is 10.0. The van der Waals surface area contributed by atoms with Crippen LogP contribution in [0, 0.1) is 11.3 Å². The van der Waals surface area contributed by atoms with Crippen LogP contribution in [0.25, 0.3) is 44.6 Å². The second-order valence-electron chi connectivity index (χ2n) is 6.76. The molecule has 5 rings (SSSR count). The lowest BCUT2D eigenvalue weighted by Crippen LogP contribution is -2.02. The van der Waals surface area contributed by atoms with Crippen molar-refractivity contribution in [2.24, 2.45) is 0 Å². The van der Waals surface area contributed by atoms with Crippen molar-refractivity contribution in [1.82, 2.24) is 4.98 Å². The fourth-order valence-electron chi connectivity index (χ4n) is 3.44. The summed E-state index contributed by atoms with van der Waals surface area (Å²) in [5.74, 6) is 0. The van der Waals surface area contributed by atoms with E-state index in [-0.39, 0.29) is 0 Å². The van der Waals surface area contributed by atoms with Crippen molar-refractivity contribution in [3.8, 4) is 17.3 Å². The van der Waals surface area contributed by atoms with E-state index in [1.165, 1.54) is 11.3 Å². The van der Waals surface area contributed by atoms with Gasteiger partial charge in [0.15, 0.2) is 0 Å². The van der Waals surface area contributed by atoms with Gasteiger partial charge >= 0.3 is 5.63 Å². The summed E-state index contributed by atoms with van der Waals surface area (Å²) >= 11 is 1.33. The van der Waals surface area contributed by atoms with Crippen LogP contribution in [0.1, 0.15) is 10.6 Å². The van der Waals surface area contributed by atoms with Crippen molar-refractivity contribution in [2.75, 3.05) is 0 Å². The van der Waals surface area contributed by atoms with Crippen molar-refractivity contribution in [1.29, 1.82) is 5.26 Å². The summed E-state index contributed by atoms with van der Waals surface area (Å²) in [5, 5.41) is 15.1. The molecule has 0 amide bonds. The van der Waals surface area contributed by atoms with Gasteiger partial charge in [-0.3, -0.25) is 0 Å². The van der Waals surface area contributed by atoms with E-state index in [4.69, 9.17) is 4.42 Å². The molecule has 0 aliphatic heterocycles. The minimum absolute atomic E-state index is 0.388. The van der Waals surface area contributed by atoms with Crippen LogP contribution in [0.3, 0.4) is 0 Å². The summed E-state index contributed by atoms with van der Waals surface area (Å²) < 4.78 is 5.42. The first-order valence-corrected chi connectivity index (χ1v) is 10.2. The number of nitrogens with zero attached hydrogens (tertiary/aromatic N) is 2. The first-order chi connectivity index (χ1) is 14.7. The molecule has 5 aromatic rings. The van der Waals surface area contributed by atoms with Crippen LogP contribution < -0.4 is 5.63 Å². The second-order valence-corrected chi connectivity index (χ2v) is 7.62. The van der Waals surface area contributed by atoms with Gasteiger partial charge in [0.05, 0.1) is 16.8 Å². The lowest BCUT2D eigenvalue weighted by Gasteiger charge is -2.02. The topological polar surface area (TPSA) is 66.9 Å². The van der Waals surface area contributed by atoms with E-state index in [0.29, 0.717) is 27.4 Å². The molecule has 5 heteroatoms. The van der Waals surface area contributed by atoms with Gasteiger partial charge in [-0.25, -0.2) is 9.78 Å². The maximum atomic E-state index is 12.4. The number of hydrogen-bond acceptors (Lipinski definition) is 5. The van der Waals surface area contributed by atoms with Gasteiger partial charge in [0.1, 0.15) is 16.7 Å². The number of nitriles is 1. The molecule has 30 heavy (non-hydrogen) atoms. The van der Waals surface area contributed by atoms with Crippen molar-refractivity contribution >= 4 is 44.7 Å². The molecule has 0 fully saturated rings. The Balaban J connectivity index is 1.59. The first kappa shape index (κ1) is 18.0. The molecule has 0 aliphatic carbocycles. The van der Waals surface area contributed by atoms with Crippen molar-refractivity contribution < 1.29 is 4.42 Å². The van der Waals surface area contributed by atoms with Crippen LogP contribution in [0.2, 0.25) is 0 Å². The molecule has 0 spiro atoms. The summed E-state index contributed by atoms with van der Waals surface area (Å²) in [6.45, 7) is 0. The largest absolute Gasteiger partial charge is 0.422 e. The Morgan fingerprint density at radius 2 is 1.77 bits per heavy atom. The predicted octanol–water partition coefficient (Wildman–Crippen LogP) is 6.13. The molecule has 0 bridgehead atoms. The standard InChI is InChI=1S/C25H14N2O2S/c26-14-19(12-17-9-5-8-16-6-1-3-10-20(16)17)24-27-22(15-30-24)21-13-18-7-2-4-11-23(18)29-25(21)28/h1-13,15H/b19-12+. The molecule has 2 heterocycles. The third kappa shape index (κ3) is 3.20. The van der Waals surface area contributed by atoms with Gasteiger partial charge in [0.2, 0.25) is 0 Å². The van der Waals surface area contributed by atoms with Gasteiger partial charge in [-0.15, -0.1) is 11.3 Å². The highest BCUT2D eigenvalue weighted by atomic mass is 32.1. The van der Waals surface area contributed by atoms with E-state index in [0.717, 1.165) is 21.7 Å². The molecule has 2 aromatic heterocycles. The molecule has 4 nitrogen and oxygen atoms in total. The van der Waals surface area contributed by atoms with Crippen molar-refractivity contribution in [3.63, 3.8) is 0 Å². The molecule has 0 N–H and O–H groups in total. The summed E-state index contributed by atoms with van der Waals surface area (Å²) in [4.78, 5) is 17.0. The lowest BCUT2D eigenvalue weighted by molar-refractivity contribution is 0.563. The number of para-hydroxylation sites is 1. The quantitative estimate of drug-likeness (QED) is 0.267. The molecule has 0 unspecified atom stereocenters. The summed E-state index contributed by atoms with van der Waals surface area (Å²) in [5.41, 5.74) is 2.39. The van der Waals surface area contributed by atoms with Gasteiger partial charge in [0.25, 0.3) is 0 Å². The number of hydrogen-bond donors (Lipinski definition) is 0. The van der Waals surface area contributed by atoms with Crippen LogP contribution in [-0.4, -0.2) is 4.98 Å². The van der Waals surface area contributed by atoms with Crippen LogP contribution in [0.4, 0.5) is 0 Å². The summed E-state index contributed by atoms with van der Waals surface area (Å²) in [7, 11) is 0.